The molecule has 0 bridgehead atoms. The molecule has 1 aromatic rings. The van der Waals surface area contributed by atoms with Crippen molar-refractivity contribution in [2.75, 3.05) is 13.1 Å². The second-order valence-electron chi connectivity index (χ2n) is 4.51. The molecule has 2 heterocycles. The third-order valence-electron chi connectivity index (χ3n) is 3.41. The summed E-state index contributed by atoms with van der Waals surface area (Å²) in [5, 5.41) is 12.6. The highest BCUT2D eigenvalue weighted by atomic mass is 16.5. The van der Waals surface area contributed by atoms with E-state index in [0.29, 0.717) is 0 Å². The van der Waals surface area contributed by atoms with E-state index in [1.807, 2.05) is 0 Å². The van der Waals surface area contributed by atoms with Gasteiger partial charge in [-0.25, -0.2) is 4.79 Å². The number of hydrogen-bond donors (Lipinski definition) is 1. The molecule has 0 atom stereocenters. The first-order chi connectivity index (χ1) is 7.75. The van der Waals surface area contributed by atoms with Gasteiger partial charge in [0.2, 0.25) is 0 Å². The molecule has 0 aromatic carbocycles. The normalized spacial score (nSPS) is 21.5. The van der Waals surface area contributed by atoms with E-state index >= 15 is 0 Å². The van der Waals surface area contributed by atoms with Crippen molar-refractivity contribution >= 4 is 5.97 Å². The first-order valence-corrected chi connectivity index (χ1v) is 5.70. The highest BCUT2D eigenvalue weighted by molar-refractivity contribution is 5.87. The molecule has 1 saturated carbocycles. The van der Waals surface area contributed by atoms with E-state index in [2.05, 4.69) is 10.1 Å². The lowest BCUT2D eigenvalue weighted by Crippen LogP contribution is -2.28. The molecule has 0 spiro atoms. The van der Waals surface area contributed by atoms with Crippen LogP contribution in [0.3, 0.4) is 0 Å². The minimum Gasteiger partial charge on any atom is -0.476 e. The van der Waals surface area contributed by atoms with Gasteiger partial charge < -0.3 is 9.63 Å². The standard InChI is InChI=1S/C11H14N2O3/c14-11(15)10-8-3-5-13(7-1-2-7)6-4-9(8)16-12-10/h7H,1-6H2,(H,14,15). The second kappa shape index (κ2) is 3.59. The van der Waals surface area contributed by atoms with E-state index in [4.69, 9.17) is 9.63 Å². The lowest BCUT2D eigenvalue weighted by molar-refractivity contribution is 0.0684. The van der Waals surface area contributed by atoms with Gasteiger partial charge in [-0.2, -0.15) is 0 Å². The number of carboxylic acid groups (broad SMARTS) is 1. The van der Waals surface area contributed by atoms with E-state index in [1.54, 1.807) is 0 Å². The van der Waals surface area contributed by atoms with Crippen LogP contribution in [0.5, 0.6) is 0 Å². The molecular formula is C11H14N2O3. The molecule has 16 heavy (non-hydrogen) atoms. The molecule has 0 radical (unpaired) electrons. The van der Waals surface area contributed by atoms with Gasteiger partial charge in [-0.05, 0) is 19.3 Å². The molecule has 3 rings (SSSR count). The van der Waals surface area contributed by atoms with Crippen molar-refractivity contribution in [2.24, 2.45) is 0 Å². The van der Waals surface area contributed by atoms with Crippen molar-refractivity contribution in [1.82, 2.24) is 10.1 Å². The van der Waals surface area contributed by atoms with Crippen LogP contribution in [0.2, 0.25) is 0 Å². The SMILES string of the molecule is O=C(O)c1noc2c1CCN(C1CC1)CC2. The predicted molar refractivity (Wildman–Crippen MR) is 55.5 cm³/mol. The summed E-state index contributed by atoms with van der Waals surface area (Å²) in [6.45, 7) is 1.89. The number of hydrogen-bond acceptors (Lipinski definition) is 4. The van der Waals surface area contributed by atoms with E-state index in [1.165, 1.54) is 12.8 Å². The van der Waals surface area contributed by atoms with Gasteiger partial charge in [0.05, 0.1) is 0 Å². The summed E-state index contributed by atoms with van der Waals surface area (Å²) in [6.07, 6.45) is 4.10. The number of aromatic carboxylic acids is 1. The molecule has 0 amide bonds. The number of carboxylic acids is 1. The fraction of sp³-hybridized carbons (Fsp3) is 0.636. The van der Waals surface area contributed by atoms with Gasteiger partial charge in [0.1, 0.15) is 5.76 Å². The van der Waals surface area contributed by atoms with Crippen LogP contribution >= 0.6 is 0 Å². The van der Waals surface area contributed by atoms with Gasteiger partial charge in [0.25, 0.3) is 0 Å². The lowest BCUT2D eigenvalue weighted by atomic mass is 10.1. The molecule has 1 aromatic heterocycles. The van der Waals surface area contributed by atoms with Crippen LogP contribution in [-0.2, 0) is 12.8 Å². The Morgan fingerprint density at radius 2 is 2.12 bits per heavy atom. The predicted octanol–water partition coefficient (Wildman–Crippen LogP) is 0.936. The Kier molecular flexibility index (Phi) is 2.21. The maximum absolute atomic E-state index is 10.9. The molecule has 86 valence electrons. The first-order valence-electron chi connectivity index (χ1n) is 5.70. The van der Waals surface area contributed by atoms with Crippen LogP contribution in [0.4, 0.5) is 0 Å². The molecule has 5 heteroatoms. The molecule has 1 aliphatic heterocycles. The van der Waals surface area contributed by atoms with E-state index in [0.717, 1.165) is 43.3 Å². The summed E-state index contributed by atoms with van der Waals surface area (Å²) >= 11 is 0. The summed E-state index contributed by atoms with van der Waals surface area (Å²) in [7, 11) is 0. The number of carbonyl (C=O) groups is 1. The van der Waals surface area contributed by atoms with Crippen LogP contribution in [0, 0.1) is 0 Å². The average Bonchev–Trinajstić information content (AvgIpc) is 3.02. The highest BCUT2D eigenvalue weighted by Crippen LogP contribution is 2.29. The fourth-order valence-electron chi connectivity index (χ4n) is 2.38. The topological polar surface area (TPSA) is 66.6 Å². The van der Waals surface area contributed by atoms with Crippen molar-refractivity contribution in [2.45, 2.75) is 31.7 Å². The minimum atomic E-state index is -0.982. The maximum atomic E-state index is 10.9. The van der Waals surface area contributed by atoms with Crippen LogP contribution in [0.15, 0.2) is 4.52 Å². The summed E-state index contributed by atoms with van der Waals surface area (Å²) in [6, 6.07) is 0.727. The Morgan fingerprint density at radius 1 is 1.38 bits per heavy atom. The van der Waals surface area contributed by atoms with Gasteiger partial charge in [0.15, 0.2) is 5.69 Å². The monoisotopic (exact) mass is 222 g/mol. The number of fused-ring (bicyclic) bond motifs is 1. The smallest absolute Gasteiger partial charge is 0.358 e. The van der Waals surface area contributed by atoms with Crippen molar-refractivity contribution in [3.05, 3.63) is 17.0 Å². The molecule has 0 unspecified atom stereocenters. The quantitative estimate of drug-likeness (QED) is 0.806. The van der Waals surface area contributed by atoms with Crippen LogP contribution in [-0.4, -0.2) is 40.3 Å². The van der Waals surface area contributed by atoms with Crippen LogP contribution in [0.25, 0.3) is 0 Å². The maximum Gasteiger partial charge on any atom is 0.358 e. The van der Waals surface area contributed by atoms with Crippen LogP contribution in [0.1, 0.15) is 34.7 Å². The summed E-state index contributed by atoms with van der Waals surface area (Å²) in [5.41, 5.74) is 0.906. The highest BCUT2D eigenvalue weighted by Gasteiger charge is 2.32. The zero-order valence-electron chi connectivity index (χ0n) is 8.98. The summed E-state index contributed by atoms with van der Waals surface area (Å²) in [4.78, 5) is 13.4. The molecule has 0 saturated heterocycles. The molecule has 5 nitrogen and oxygen atoms in total. The average molecular weight is 222 g/mol. The number of nitrogens with zero attached hydrogens (tertiary/aromatic N) is 2. The van der Waals surface area contributed by atoms with Crippen molar-refractivity contribution in [1.29, 1.82) is 0 Å². The third-order valence-corrected chi connectivity index (χ3v) is 3.41. The van der Waals surface area contributed by atoms with E-state index in [-0.39, 0.29) is 5.69 Å². The van der Waals surface area contributed by atoms with Gasteiger partial charge in [0, 0.05) is 31.1 Å². The number of aromatic nitrogens is 1. The first kappa shape index (κ1) is 9.84. The third kappa shape index (κ3) is 1.61. The zero-order valence-corrected chi connectivity index (χ0v) is 8.98. The Bertz CT molecular complexity index is 423. The Morgan fingerprint density at radius 3 is 2.81 bits per heavy atom. The van der Waals surface area contributed by atoms with E-state index in [9.17, 15) is 4.79 Å². The van der Waals surface area contributed by atoms with Gasteiger partial charge in [-0.15, -0.1) is 0 Å². The molecular weight excluding hydrogens is 208 g/mol. The Hall–Kier alpha value is -1.36. The van der Waals surface area contributed by atoms with Crippen molar-refractivity contribution in [3.63, 3.8) is 0 Å². The molecule has 2 aliphatic rings. The van der Waals surface area contributed by atoms with Crippen LogP contribution < -0.4 is 0 Å². The largest absolute Gasteiger partial charge is 0.476 e. The van der Waals surface area contributed by atoms with Crippen molar-refractivity contribution < 1.29 is 14.4 Å². The summed E-state index contributed by atoms with van der Waals surface area (Å²) < 4.78 is 5.12. The number of rotatable bonds is 2. The fourth-order valence-corrected chi connectivity index (χ4v) is 2.38. The van der Waals surface area contributed by atoms with Crippen molar-refractivity contribution in [3.8, 4) is 0 Å². The van der Waals surface area contributed by atoms with Gasteiger partial charge >= 0.3 is 5.97 Å². The van der Waals surface area contributed by atoms with Gasteiger partial charge in [-0.3, -0.25) is 4.90 Å². The minimum absolute atomic E-state index is 0.104. The molecule has 1 fully saturated rings. The molecule has 1 aliphatic carbocycles. The molecule has 1 N–H and O–H groups in total. The van der Waals surface area contributed by atoms with Gasteiger partial charge in [-0.1, -0.05) is 5.16 Å². The Balaban J connectivity index is 1.83. The van der Waals surface area contributed by atoms with E-state index < -0.39 is 5.97 Å². The lowest BCUT2D eigenvalue weighted by Gasteiger charge is -2.18. The second-order valence-corrected chi connectivity index (χ2v) is 4.51. The summed E-state index contributed by atoms with van der Waals surface area (Å²) in [5.74, 6) is -0.217. The Labute approximate surface area is 93.0 Å². The zero-order chi connectivity index (χ0) is 11.1.